The Labute approximate surface area is 91.3 Å². The molecular weight excluding hydrogens is 188 g/mol. The fourth-order valence-electron chi connectivity index (χ4n) is 2.11. The molecule has 0 aliphatic carbocycles. The summed E-state index contributed by atoms with van der Waals surface area (Å²) in [6.45, 7) is 4.47. The first-order valence-electron chi connectivity index (χ1n) is 5.56. The quantitative estimate of drug-likeness (QED) is 0.787. The molecule has 0 saturated carbocycles. The van der Waals surface area contributed by atoms with Gasteiger partial charge in [-0.2, -0.15) is 0 Å². The van der Waals surface area contributed by atoms with E-state index in [-0.39, 0.29) is 0 Å². The fourth-order valence-corrected chi connectivity index (χ4v) is 2.11. The smallest absolute Gasteiger partial charge is 0.205 e. The van der Waals surface area contributed by atoms with Gasteiger partial charge in [0.25, 0.3) is 0 Å². The lowest BCUT2D eigenvalue weighted by Gasteiger charge is -2.39. The molecule has 84 valence electrons. The first kappa shape index (κ1) is 10.5. The molecule has 4 nitrogen and oxygen atoms in total. The minimum absolute atomic E-state index is 0.307. The molecule has 1 saturated heterocycles. The van der Waals surface area contributed by atoms with Gasteiger partial charge in [0.05, 0.1) is 0 Å². The van der Waals surface area contributed by atoms with Gasteiger partial charge < -0.3 is 14.8 Å². The third-order valence-electron chi connectivity index (χ3n) is 3.55. The lowest BCUT2D eigenvalue weighted by atomic mass is 9.90. The average Bonchev–Trinajstić information content (AvgIpc) is 2.66. The molecule has 0 radical (unpaired) electrons. The van der Waals surface area contributed by atoms with E-state index in [2.05, 4.69) is 33.7 Å². The van der Waals surface area contributed by atoms with Crippen molar-refractivity contribution < 1.29 is 0 Å². The van der Waals surface area contributed by atoms with Crippen molar-refractivity contribution in [2.75, 3.05) is 25.0 Å². The first-order valence-corrected chi connectivity index (χ1v) is 5.56. The SMILES string of the molecule is CNC1(C)CCN(c2nccn2C)CC1. The van der Waals surface area contributed by atoms with Crippen molar-refractivity contribution in [1.29, 1.82) is 0 Å². The van der Waals surface area contributed by atoms with Crippen molar-refractivity contribution in [2.24, 2.45) is 7.05 Å². The van der Waals surface area contributed by atoms with Crippen molar-refractivity contribution >= 4 is 5.95 Å². The van der Waals surface area contributed by atoms with E-state index >= 15 is 0 Å². The van der Waals surface area contributed by atoms with Crippen LogP contribution in [0, 0.1) is 0 Å². The number of hydrogen-bond donors (Lipinski definition) is 1. The van der Waals surface area contributed by atoms with Crippen LogP contribution in [-0.4, -0.2) is 35.2 Å². The zero-order valence-corrected chi connectivity index (χ0v) is 9.82. The second kappa shape index (κ2) is 3.85. The maximum atomic E-state index is 4.38. The van der Waals surface area contributed by atoms with Gasteiger partial charge in [-0.25, -0.2) is 4.98 Å². The van der Waals surface area contributed by atoms with Gasteiger partial charge in [0, 0.05) is 38.1 Å². The standard InChI is InChI=1S/C11H20N4/c1-11(12-2)4-7-15(8-5-11)10-13-6-9-14(10)3/h6,9,12H,4-5,7-8H2,1-3H3. The molecule has 0 unspecified atom stereocenters. The van der Waals surface area contributed by atoms with Crippen molar-refractivity contribution in [3.63, 3.8) is 0 Å². The summed E-state index contributed by atoms with van der Waals surface area (Å²) in [5.74, 6) is 1.09. The van der Waals surface area contributed by atoms with Crippen LogP contribution in [0.15, 0.2) is 12.4 Å². The molecule has 0 amide bonds. The molecule has 1 N–H and O–H groups in total. The molecule has 4 heteroatoms. The van der Waals surface area contributed by atoms with Crippen LogP contribution in [0.4, 0.5) is 5.95 Å². The molecule has 1 fully saturated rings. The minimum Gasteiger partial charge on any atom is -0.342 e. The van der Waals surface area contributed by atoms with E-state index in [9.17, 15) is 0 Å². The number of aryl methyl sites for hydroxylation is 1. The summed E-state index contributed by atoms with van der Waals surface area (Å²) >= 11 is 0. The maximum absolute atomic E-state index is 4.38. The lowest BCUT2D eigenvalue weighted by Crippen LogP contribution is -2.50. The van der Waals surface area contributed by atoms with Crippen LogP contribution in [0.3, 0.4) is 0 Å². The fraction of sp³-hybridized carbons (Fsp3) is 0.727. The number of anilines is 1. The van der Waals surface area contributed by atoms with E-state index in [4.69, 9.17) is 0 Å². The van der Waals surface area contributed by atoms with E-state index in [1.807, 2.05) is 19.4 Å². The predicted molar refractivity (Wildman–Crippen MR) is 62.1 cm³/mol. The molecule has 1 aromatic rings. The van der Waals surface area contributed by atoms with Gasteiger partial charge in [-0.1, -0.05) is 0 Å². The Morgan fingerprint density at radius 3 is 2.53 bits per heavy atom. The number of aromatic nitrogens is 2. The van der Waals surface area contributed by atoms with E-state index in [0.29, 0.717) is 5.54 Å². The van der Waals surface area contributed by atoms with E-state index in [0.717, 1.165) is 19.0 Å². The summed E-state index contributed by atoms with van der Waals surface area (Å²) in [6, 6.07) is 0. The monoisotopic (exact) mass is 208 g/mol. The second-order valence-corrected chi connectivity index (χ2v) is 4.64. The van der Waals surface area contributed by atoms with Crippen molar-refractivity contribution in [3.8, 4) is 0 Å². The Balaban J connectivity index is 2.03. The van der Waals surface area contributed by atoms with Crippen LogP contribution < -0.4 is 10.2 Å². The Bertz CT molecular complexity index is 323. The van der Waals surface area contributed by atoms with E-state index in [1.165, 1.54) is 12.8 Å². The topological polar surface area (TPSA) is 33.1 Å². The van der Waals surface area contributed by atoms with Gasteiger partial charge in [-0.3, -0.25) is 0 Å². The summed E-state index contributed by atoms with van der Waals surface area (Å²) in [6.07, 6.45) is 6.22. The zero-order chi connectivity index (χ0) is 10.9. The van der Waals surface area contributed by atoms with Gasteiger partial charge in [-0.05, 0) is 26.8 Å². The lowest BCUT2D eigenvalue weighted by molar-refractivity contribution is 0.303. The Kier molecular flexibility index (Phi) is 2.69. The highest BCUT2D eigenvalue weighted by Gasteiger charge is 2.29. The Morgan fingerprint density at radius 2 is 2.07 bits per heavy atom. The predicted octanol–water partition coefficient (Wildman–Crippen LogP) is 0.998. The van der Waals surface area contributed by atoms with Crippen molar-refractivity contribution in [1.82, 2.24) is 14.9 Å². The Morgan fingerprint density at radius 1 is 1.40 bits per heavy atom. The van der Waals surface area contributed by atoms with Gasteiger partial charge in [0.2, 0.25) is 5.95 Å². The maximum Gasteiger partial charge on any atom is 0.205 e. The molecule has 0 aromatic carbocycles. The molecular formula is C11H20N4. The summed E-state index contributed by atoms with van der Waals surface area (Å²) < 4.78 is 2.09. The molecule has 2 rings (SSSR count). The minimum atomic E-state index is 0.307. The van der Waals surface area contributed by atoms with Crippen LogP contribution >= 0.6 is 0 Å². The molecule has 2 heterocycles. The number of nitrogens with one attached hydrogen (secondary N) is 1. The summed E-state index contributed by atoms with van der Waals surface area (Å²) in [7, 11) is 4.10. The molecule has 0 spiro atoms. The molecule has 1 aliphatic heterocycles. The van der Waals surface area contributed by atoms with Gasteiger partial charge in [0.15, 0.2) is 0 Å². The van der Waals surface area contributed by atoms with Crippen molar-refractivity contribution in [3.05, 3.63) is 12.4 Å². The van der Waals surface area contributed by atoms with Crippen LogP contribution in [0.25, 0.3) is 0 Å². The van der Waals surface area contributed by atoms with Crippen LogP contribution in [0.1, 0.15) is 19.8 Å². The van der Waals surface area contributed by atoms with Gasteiger partial charge in [0.1, 0.15) is 0 Å². The Hall–Kier alpha value is -1.03. The number of piperidine rings is 1. The summed E-state index contributed by atoms with van der Waals surface area (Å²) in [4.78, 5) is 6.74. The summed E-state index contributed by atoms with van der Waals surface area (Å²) in [5, 5.41) is 3.41. The third kappa shape index (κ3) is 2.00. The largest absolute Gasteiger partial charge is 0.342 e. The number of nitrogens with zero attached hydrogens (tertiary/aromatic N) is 3. The molecule has 1 aliphatic rings. The second-order valence-electron chi connectivity index (χ2n) is 4.64. The van der Waals surface area contributed by atoms with E-state index in [1.54, 1.807) is 0 Å². The van der Waals surface area contributed by atoms with Crippen LogP contribution in [0.5, 0.6) is 0 Å². The molecule has 0 bridgehead atoms. The number of hydrogen-bond acceptors (Lipinski definition) is 3. The highest BCUT2D eigenvalue weighted by molar-refractivity contribution is 5.32. The number of imidazole rings is 1. The normalized spacial score (nSPS) is 20.6. The van der Waals surface area contributed by atoms with Gasteiger partial charge in [-0.15, -0.1) is 0 Å². The van der Waals surface area contributed by atoms with E-state index < -0.39 is 0 Å². The molecule has 0 atom stereocenters. The molecule has 1 aromatic heterocycles. The third-order valence-corrected chi connectivity index (χ3v) is 3.55. The first-order chi connectivity index (χ1) is 7.14. The van der Waals surface area contributed by atoms with Crippen molar-refractivity contribution in [2.45, 2.75) is 25.3 Å². The zero-order valence-electron chi connectivity index (χ0n) is 9.82. The summed E-state index contributed by atoms with van der Waals surface area (Å²) in [5.41, 5.74) is 0.307. The highest BCUT2D eigenvalue weighted by Crippen LogP contribution is 2.24. The van der Waals surface area contributed by atoms with Crippen LogP contribution in [-0.2, 0) is 7.05 Å². The average molecular weight is 208 g/mol. The highest BCUT2D eigenvalue weighted by atomic mass is 15.3. The van der Waals surface area contributed by atoms with Crippen LogP contribution in [0.2, 0.25) is 0 Å². The van der Waals surface area contributed by atoms with Gasteiger partial charge >= 0.3 is 0 Å². The number of rotatable bonds is 2. The molecule has 15 heavy (non-hydrogen) atoms.